The van der Waals surface area contributed by atoms with Crippen molar-refractivity contribution in [3.05, 3.63) is 36.7 Å². The first kappa shape index (κ1) is 19.8. The van der Waals surface area contributed by atoms with Gasteiger partial charge in [0.05, 0.1) is 33.5 Å². The van der Waals surface area contributed by atoms with Gasteiger partial charge in [-0.1, -0.05) is 0 Å². The van der Waals surface area contributed by atoms with Gasteiger partial charge in [0.2, 0.25) is 0 Å². The molecular formula is C20H22ClN3O4. The maximum absolute atomic E-state index is 5.77. The van der Waals surface area contributed by atoms with Gasteiger partial charge in [0.15, 0.2) is 23.0 Å². The predicted molar refractivity (Wildman–Crippen MR) is 110 cm³/mol. The van der Waals surface area contributed by atoms with E-state index in [1.54, 1.807) is 21.3 Å². The zero-order chi connectivity index (χ0) is 19.9. The second-order valence-electron chi connectivity index (χ2n) is 5.83. The van der Waals surface area contributed by atoms with Crippen molar-refractivity contribution in [1.82, 2.24) is 9.97 Å². The molecule has 0 spiro atoms. The number of benzene rings is 2. The highest BCUT2D eigenvalue weighted by molar-refractivity contribution is 6.17. The van der Waals surface area contributed by atoms with Gasteiger partial charge in [0, 0.05) is 29.1 Å². The molecule has 8 heteroatoms. The van der Waals surface area contributed by atoms with Crippen LogP contribution >= 0.6 is 11.6 Å². The first-order chi connectivity index (χ1) is 13.7. The summed E-state index contributed by atoms with van der Waals surface area (Å²) in [7, 11) is 4.79. The third-order valence-corrected chi connectivity index (χ3v) is 4.37. The molecule has 28 heavy (non-hydrogen) atoms. The number of fused-ring (bicyclic) bond motifs is 1. The third-order valence-electron chi connectivity index (χ3n) is 4.10. The zero-order valence-corrected chi connectivity index (χ0v) is 16.7. The van der Waals surface area contributed by atoms with Crippen LogP contribution in [0.2, 0.25) is 0 Å². The number of hydrogen-bond donors (Lipinski definition) is 1. The molecule has 0 radical (unpaired) electrons. The fourth-order valence-corrected chi connectivity index (χ4v) is 2.83. The Morgan fingerprint density at radius 3 is 2.36 bits per heavy atom. The summed E-state index contributed by atoms with van der Waals surface area (Å²) in [4.78, 5) is 8.72. The second kappa shape index (κ2) is 9.32. The lowest BCUT2D eigenvalue weighted by molar-refractivity contribution is 0.295. The van der Waals surface area contributed by atoms with Gasteiger partial charge in [-0.2, -0.15) is 0 Å². The van der Waals surface area contributed by atoms with E-state index < -0.39 is 0 Å². The van der Waals surface area contributed by atoms with Gasteiger partial charge in [-0.3, -0.25) is 0 Å². The Bertz CT molecular complexity index is 952. The van der Waals surface area contributed by atoms with Crippen molar-refractivity contribution >= 4 is 34.0 Å². The van der Waals surface area contributed by atoms with E-state index in [9.17, 15) is 0 Å². The van der Waals surface area contributed by atoms with Crippen LogP contribution in [0.15, 0.2) is 36.7 Å². The summed E-state index contributed by atoms with van der Waals surface area (Å²) in [5.41, 5.74) is 1.54. The van der Waals surface area contributed by atoms with Crippen LogP contribution in [0, 0.1) is 0 Å². The van der Waals surface area contributed by atoms with Gasteiger partial charge in [-0.05, 0) is 24.6 Å². The summed E-state index contributed by atoms with van der Waals surface area (Å²) in [6, 6.07) is 9.25. The summed E-state index contributed by atoms with van der Waals surface area (Å²) in [6.07, 6.45) is 2.25. The van der Waals surface area contributed by atoms with Crippen LogP contribution in [0.25, 0.3) is 10.9 Å². The number of rotatable bonds is 9. The quantitative estimate of drug-likeness (QED) is 0.419. The number of ether oxygens (including phenoxy) is 4. The van der Waals surface area contributed by atoms with Crippen molar-refractivity contribution in [3.8, 4) is 23.0 Å². The third kappa shape index (κ3) is 4.31. The normalized spacial score (nSPS) is 10.6. The van der Waals surface area contributed by atoms with Crippen LogP contribution < -0.4 is 24.3 Å². The van der Waals surface area contributed by atoms with Crippen LogP contribution in [-0.2, 0) is 0 Å². The average molecular weight is 404 g/mol. The standard InChI is InChI=1S/C20H22ClN3O4/c1-25-16-6-5-13(9-17(16)26-2)24-20-14-10-18(27-3)19(28-8-4-7-21)11-15(14)22-12-23-20/h5-6,9-12H,4,7-8H2,1-3H3,(H,22,23,24). The maximum Gasteiger partial charge on any atom is 0.163 e. The highest BCUT2D eigenvalue weighted by Gasteiger charge is 2.13. The molecule has 0 bridgehead atoms. The topological polar surface area (TPSA) is 74.7 Å². The lowest BCUT2D eigenvalue weighted by Gasteiger charge is -2.14. The second-order valence-corrected chi connectivity index (χ2v) is 6.21. The Labute approximate surface area is 168 Å². The Morgan fingerprint density at radius 1 is 0.893 bits per heavy atom. The molecule has 0 aliphatic heterocycles. The van der Waals surface area contributed by atoms with E-state index in [2.05, 4.69) is 15.3 Å². The SMILES string of the molecule is COc1ccc(Nc2ncnc3cc(OCCCCl)c(OC)cc23)cc1OC. The van der Waals surface area contributed by atoms with Crippen molar-refractivity contribution in [3.63, 3.8) is 0 Å². The summed E-state index contributed by atoms with van der Waals surface area (Å²) < 4.78 is 21.9. The molecule has 0 aliphatic carbocycles. The number of nitrogens with zero attached hydrogens (tertiary/aromatic N) is 2. The molecule has 3 aromatic rings. The number of aromatic nitrogens is 2. The van der Waals surface area contributed by atoms with Gasteiger partial charge < -0.3 is 24.3 Å². The Balaban J connectivity index is 1.95. The van der Waals surface area contributed by atoms with Crippen molar-refractivity contribution in [2.24, 2.45) is 0 Å². The summed E-state index contributed by atoms with van der Waals surface area (Å²) in [5.74, 6) is 3.68. The molecule has 148 valence electrons. The van der Waals surface area contributed by atoms with Crippen LogP contribution in [0.4, 0.5) is 11.5 Å². The smallest absolute Gasteiger partial charge is 0.163 e. The van der Waals surface area contributed by atoms with E-state index in [0.29, 0.717) is 41.3 Å². The molecule has 1 heterocycles. The average Bonchev–Trinajstić information content (AvgIpc) is 2.73. The number of anilines is 2. The molecule has 0 fully saturated rings. The van der Waals surface area contributed by atoms with Gasteiger partial charge in [0.1, 0.15) is 12.1 Å². The van der Waals surface area contributed by atoms with Crippen LogP contribution in [0.1, 0.15) is 6.42 Å². The largest absolute Gasteiger partial charge is 0.493 e. The van der Waals surface area contributed by atoms with Crippen molar-refractivity contribution in [2.45, 2.75) is 6.42 Å². The Kier molecular flexibility index (Phi) is 6.60. The molecule has 0 unspecified atom stereocenters. The minimum Gasteiger partial charge on any atom is -0.493 e. The molecule has 0 aliphatic rings. The molecule has 3 rings (SSSR count). The number of methoxy groups -OCH3 is 3. The number of hydrogen-bond acceptors (Lipinski definition) is 7. The lowest BCUT2D eigenvalue weighted by atomic mass is 10.2. The molecular weight excluding hydrogens is 382 g/mol. The number of halogens is 1. The zero-order valence-electron chi connectivity index (χ0n) is 16.0. The molecule has 0 saturated heterocycles. The van der Waals surface area contributed by atoms with Crippen LogP contribution in [0.3, 0.4) is 0 Å². The van der Waals surface area contributed by atoms with Crippen molar-refractivity contribution in [2.75, 3.05) is 39.1 Å². The highest BCUT2D eigenvalue weighted by Crippen LogP contribution is 2.36. The van der Waals surface area contributed by atoms with Gasteiger partial charge >= 0.3 is 0 Å². The monoisotopic (exact) mass is 403 g/mol. The van der Waals surface area contributed by atoms with Gasteiger partial charge in [-0.25, -0.2) is 9.97 Å². The van der Waals surface area contributed by atoms with E-state index >= 15 is 0 Å². The predicted octanol–water partition coefficient (Wildman–Crippen LogP) is 4.41. The minimum atomic E-state index is 0.507. The molecule has 0 atom stereocenters. The van der Waals surface area contributed by atoms with E-state index in [1.165, 1.54) is 6.33 Å². The first-order valence-electron chi connectivity index (χ1n) is 8.70. The molecule has 1 N–H and O–H groups in total. The minimum absolute atomic E-state index is 0.507. The summed E-state index contributed by atoms with van der Waals surface area (Å²) >= 11 is 5.72. The summed E-state index contributed by atoms with van der Waals surface area (Å²) in [5, 5.41) is 4.10. The molecule has 0 amide bonds. The van der Waals surface area contributed by atoms with Crippen LogP contribution in [-0.4, -0.2) is 43.8 Å². The van der Waals surface area contributed by atoms with E-state index in [-0.39, 0.29) is 0 Å². The highest BCUT2D eigenvalue weighted by atomic mass is 35.5. The van der Waals surface area contributed by atoms with Gasteiger partial charge in [0.25, 0.3) is 0 Å². The number of nitrogens with one attached hydrogen (secondary N) is 1. The Hall–Kier alpha value is -2.93. The fourth-order valence-electron chi connectivity index (χ4n) is 2.72. The lowest BCUT2D eigenvalue weighted by Crippen LogP contribution is -2.01. The van der Waals surface area contributed by atoms with Crippen molar-refractivity contribution < 1.29 is 18.9 Å². The Morgan fingerprint density at radius 2 is 1.64 bits per heavy atom. The number of alkyl halides is 1. The van der Waals surface area contributed by atoms with Crippen LogP contribution in [0.5, 0.6) is 23.0 Å². The van der Waals surface area contributed by atoms with Gasteiger partial charge in [-0.15, -0.1) is 11.6 Å². The maximum atomic E-state index is 5.77. The fraction of sp³-hybridized carbons (Fsp3) is 0.300. The van der Waals surface area contributed by atoms with E-state index in [1.807, 2.05) is 30.3 Å². The van der Waals surface area contributed by atoms with E-state index in [4.69, 9.17) is 30.5 Å². The summed E-state index contributed by atoms with van der Waals surface area (Å²) in [6.45, 7) is 0.507. The molecule has 7 nitrogen and oxygen atoms in total. The molecule has 0 saturated carbocycles. The molecule has 1 aromatic heterocycles. The van der Waals surface area contributed by atoms with E-state index in [0.717, 1.165) is 23.0 Å². The molecule has 2 aromatic carbocycles. The first-order valence-corrected chi connectivity index (χ1v) is 9.24. The van der Waals surface area contributed by atoms with Crippen molar-refractivity contribution in [1.29, 1.82) is 0 Å².